The van der Waals surface area contributed by atoms with Gasteiger partial charge in [-0.15, -0.1) is 0 Å². The van der Waals surface area contributed by atoms with Crippen LogP contribution in [0.3, 0.4) is 0 Å². The fraction of sp³-hybridized carbons (Fsp3) is 0.368. The van der Waals surface area contributed by atoms with E-state index in [1.165, 1.54) is 5.56 Å². The Morgan fingerprint density at radius 3 is 2.41 bits per heavy atom. The molecule has 0 aliphatic carbocycles. The minimum absolute atomic E-state index is 0.290. The molecular weight excluding hydrogens is 362 g/mol. The molecule has 0 atom stereocenters. The van der Waals surface area contributed by atoms with Crippen molar-refractivity contribution in [2.24, 2.45) is 7.05 Å². The van der Waals surface area contributed by atoms with Crippen LogP contribution in [-0.2, 0) is 17.1 Å². The summed E-state index contributed by atoms with van der Waals surface area (Å²) in [5.41, 5.74) is 2.68. The van der Waals surface area contributed by atoms with Crippen LogP contribution >= 0.6 is 0 Å². The maximum absolute atomic E-state index is 12.9. The van der Waals surface area contributed by atoms with Crippen molar-refractivity contribution in [3.8, 4) is 0 Å². The quantitative estimate of drug-likeness (QED) is 0.690. The van der Waals surface area contributed by atoms with Crippen LogP contribution in [0.1, 0.15) is 11.3 Å². The lowest BCUT2D eigenvalue weighted by Gasteiger charge is -2.34. The lowest BCUT2D eigenvalue weighted by Crippen LogP contribution is -2.49. The zero-order valence-electron chi connectivity index (χ0n) is 15.8. The van der Waals surface area contributed by atoms with Crippen LogP contribution in [0.2, 0.25) is 0 Å². The zero-order chi connectivity index (χ0) is 19.2. The highest BCUT2D eigenvalue weighted by Gasteiger charge is 2.31. The molecule has 1 fully saturated rings. The van der Waals surface area contributed by atoms with E-state index in [-0.39, 0.29) is 4.90 Å². The molecule has 3 heterocycles. The highest BCUT2D eigenvalue weighted by molar-refractivity contribution is 7.89. The second-order valence-corrected chi connectivity index (χ2v) is 8.86. The van der Waals surface area contributed by atoms with Gasteiger partial charge in [0.25, 0.3) is 0 Å². The highest BCUT2D eigenvalue weighted by Crippen LogP contribution is 2.25. The number of pyridine rings is 1. The van der Waals surface area contributed by atoms with Gasteiger partial charge in [-0.1, -0.05) is 18.2 Å². The maximum atomic E-state index is 12.9. The predicted octanol–water partition coefficient (Wildman–Crippen LogP) is 2.10. The number of benzene rings is 1. The average Bonchev–Trinajstić information content (AvgIpc) is 3.01. The maximum Gasteiger partial charge on any atom is 0.246 e. The van der Waals surface area contributed by atoms with Crippen molar-refractivity contribution in [2.75, 3.05) is 31.1 Å². The fourth-order valence-corrected chi connectivity index (χ4v) is 5.24. The van der Waals surface area contributed by atoms with Crippen molar-refractivity contribution in [3.63, 3.8) is 0 Å². The number of sulfonamides is 1. The largest absolute Gasteiger partial charge is 0.354 e. The molecule has 1 aliphatic heterocycles. The van der Waals surface area contributed by atoms with E-state index in [9.17, 15) is 8.42 Å². The Kier molecular flexibility index (Phi) is 4.39. The van der Waals surface area contributed by atoms with Crippen molar-refractivity contribution < 1.29 is 8.42 Å². The Morgan fingerprint density at radius 1 is 1.04 bits per heavy atom. The van der Waals surface area contributed by atoms with Crippen molar-refractivity contribution >= 4 is 26.7 Å². The van der Waals surface area contributed by atoms with Gasteiger partial charge in [0, 0.05) is 44.8 Å². The van der Waals surface area contributed by atoms with Crippen LogP contribution in [-0.4, -0.2) is 53.7 Å². The van der Waals surface area contributed by atoms with Gasteiger partial charge in [0.15, 0.2) is 0 Å². The molecule has 0 unspecified atom stereocenters. The molecule has 0 spiro atoms. The molecule has 1 aromatic carbocycles. The molecule has 1 aliphatic rings. The Balaban J connectivity index is 1.55. The Morgan fingerprint density at radius 2 is 1.74 bits per heavy atom. The van der Waals surface area contributed by atoms with Crippen LogP contribution in [0.25, 0.3) is 10.9 Å². The van der Waals surface area contributed by atoms with E-state index >= 15 is 0 Å². The summed E-state index contributed by atoms with van der Waals surface area (Å²) in [5, 5.41) is 5.31. The summed E-state index contributed by atoms with van der Waals surface area (Å²) in [6.07, 6.45) is 1.57. The number of anilines is 1. The third-order valence-corrected chi connectivity index (χ3v) is 7.06. The van der Waals surface area contributed by atoms with Gasteiger partial charge in [-0.3, -0.25) is 4.68 Å². The number of aryl methyl sites for hydroxylation is 3. The predicted molar refractivity (Wildman–Crippen MR) is 105 cm³/mol. The number of hydrogen-bond acceptors (Lipinski definition) is 5. The monoisotopic (exact) mass is 385 g/mol. The van der Waals surface area contributed by atoms with Gasteiger partial charge in [0.05, 0.1) is 11.2 Å². The lowest BCUT2D eigenvalue weighted by molar-refractivity contribution is 0.383. The smallest absolute Gasteiger partial charge is 0.246 e. The molecule has 2 aromatic heterocycles. The Bertz CT molecular complexity index is 1100. The Labute approximate surface area is 159 Å². The molecule has 0 amide bonds. The van der Waals surface area contributed by atoms with Crippen LogP contribution in [0.4, 0.5) is 5.82 Å². The fourth-order valence-electron chi connectivity index (χ4n) is 3.62. The third-order valence-electron chi connectivity index (χ3n) is 5.06. The molecule has 7 nitrogen and oxygen atoms in total. The SMILES string of the molecule is Cc1nn(C)cc1S(=O)(=O)N1CCN(c2cc(C)c3ccccc3n2)CC1. The van der Waals surface area contributed by atoms with E-state index in [4.69, 9.17) is 4.98 Å². The van der Waals surface area contributed by atoms with Gasteiger partial charge in [-0.2, -0.15) is 9.40 Å². The average molecular weight is 385 g/mol. The van der Waals surface area contributed by atoms with Gasteiger partial charge in [0.1, 0.15) is 10.7 Å². The van der Waals surface area contributed by atoms with Crippen LogP contribution < -0.4 is 4.90 Å². The van der Waals surface area contributed by atoms with Gasteiger partial charge >= 0.3 is 0 Å². The number of aromatic nitrogens is 3. The molecule has 0 bridgehead atoms. The van der Waals surface area contributed by atoms with Crippen molar-refractivity contribution in [1.29, 1.82) is 0 Å². The summed E-state index contributed by atoms with van der Waals surface area (Å²) >= 11 is 0. The van der Waals surface area contributed by atoms with Crippen LogP contribution in [0, 0.1) is 13.8 Å². The summed E-state index contributed by atoms with van der Waals surface area (Å²) in [6, 6.07) is 10.2. The van der Waals surface area contributed by atoms with E-state index in [1.807, 2.05) is 18.2 Å². The van der Waals surface area contributed by atoms with Crippen LogP contribution in [0.15, 0.2) is 41.4 Å². The molecule has 8 heteroatoms. The number of rotatable bonds is 3. The topological polar surface area (TPSA) is 71.3 Å². The van der Waals surface area contributed by atoms with Crippen LogP contribution in [0.5, 0.6) is 0 Å². The molecule has 0 radical (unpaired) electrons. The first-order valence-corrected chi connectivity index (χ1v) is 10.4. The minimum atomic E-state index is -3.52. The van der Waals surface area contributed by atoms with Gasteiger partial charge < -0.3 is 4.90 Å². The zero-order valence-corrected chi connectivity index (χ0v) is 16.6. The second kappa shape index (κ2) is 6.61. The van der Waals surface area contributed by atoms with E-state index in [2.05, 4.69) is 29.1 Å². The molecule has 1 saturated heterocycles. The number of fused-ring (bicyclic) bond motifs is 1. The van der Waals surface area contributed by atoms with Gasteiger partial charge in [-0.05, 0) is 31.5 Å². The van der Waals surface area contributed by atoms with E-state index in [0.717, 1.165) is 16.7 Å². The van der Waals surface area contributed by atoms with Crippen molar-refractivity contribution in [2.45, 2.75) is 18.7 Å². The summed E-state index contributed by atoms with van der Waals surface area (Å²) in [7, 11) is -1.78. The Hall–Kier alpha value is -2.45. The molecule has 3 aromatic rings. The first-order valence-electron chi connectivity index (χ1n) is 8.98. The second-order valence-electron chi connectivity index (χ2n) is 6.96. The number of para-hydroxylation sites is 1. The minimum Gasteiger partial charge on any atom is -0.354 e. The highest BCUT2D eigenvalue weighted by atomic mass is 32.2. The molecular formula is C19H23N5O2S. The van der Waals surface area contributed by atoms with Crippen molar-refractivity contribution in [3.05, 3.63) is 47.8 Å². The number of piperazine rings is 1. The molecule has 4 rings (SSSR count). The standard InChI is InChI=1S/C19H23N5O2S/c1-14-12-19(20-17-7-5-4-6-16(14)17)23-8-10-24(11-9-23)27(25,26)18-13-22(3)21-15(18)2/h4-7,12-13H,8-11H2,1-3H3. The van der Waals surface area contributed by atoms with E-state index in [1.54, 1.807) is 29.2 Å². The van der Waals surface area contributed by atoms with E-state index in [0.29, 0.717) is 31.9 Å². The van der Waals surface area contributed by atoms with E-state index < -0.39 is 10.0 Å². The van der Waals surface area contributed by atoms with Gasteiger partial charge in [-0.25, -0.2) is 13.4 Å². The molecule has 27 heavy (non-hydrogen) atoms. The molecule has 0 saturated carbocycles. The molecule has 0 N–H and O–H groups in total. The first-order chi connectivity index (χ1) is 12.9. The number of nitrogens with zero attached hydrogens (tertiary/aromatic N) is 5. The summed E-state index contributed by atoms with van der Waals surface area (Å²) < 4.78 is 28.9. The normalized spacial score (nSPS) is 16.2. The summed E-state index contributed by atoms with van der Waals surface area (Å²) in [4.78, 5) is 7.21. The summed E-state index contributed by atoms with van der Waals surface area (Å²) in [6.45, 7) is 5.91. The summed E-state index contributed by atoms with van der Waals surface area (Å²) in [5.74, 6) is 0.904. The number of hydrogen-bond donors (Lipinski definition) is 0. The molecule has 142 valence electrons. The van der Waals surface area contributed by atoms with Gasteiger partial charge in [0.2, 0.25) is 10.0 Å². The lowest BCUT2D eigenvalue weighted by atomic mass is 10.1. The third kappa shape index (κ3) is 3.19. The van der Waals surface area contributed by atoms with Crippen molar-refractivity contribution in [1.82, 2.24) is 19.1 Å². The first kappa shape index (κ1) is 17.9.